The maximum atomic E-state index is 3.70. The van der Waals surface area contributed by atoms with Crippen molar-refractivity contribution in [2.45, 2.75) is 38.6 Å². The van der Waals surface area contributed by atoms with Crippen molar-refractivity contribution in [1.82, 2.24) is 0 Å². The molecular weight excluding hydrogens is 182 g/mol. The van der Waals surface area contributed by atoms with E-state index in [1.807, 2.05) is 0 Å². The second kappa shape index (κ2) is 3.55. The Morgan fingerprint density at radius 2 is 1.87 bits per heavy atom. The Bertz CT molecular complexity index is 341. The van der Waals surface area contributed by atoms with Gasteiger partial charge in [0, 0.05) is 11.7 Å². The molecule has 0 heterocycles. The summed E-state index contributed by atoms with van der Waals surface area (Å²) in [6, 6.07) is 9.56. The predicted octanol–water partition coefficient (Wildman–Crippen LogP) is 3.60. The van der Waals surface area contributed by atoms with Crippen LogP contribution in [0.4, 0.5) is 5.69 Å². The third-order valence-corrected chi connectivity index (χ3v) is 4.14. The highest BCUT2D eigenvalue weighted by molar-refractivity contribution is 5.45. The van der Waals surface area contributed by atoms with Gasteiger partial charge in [-0.05, 0) is 50.2 Å². The molecule has 3 atom stereocenters. The van der Waals surface area contributed by atoms with Crippen molar-refractivity contribution >= 4 is 5.69 Å². The number of fused-ring (bicyclic) bond motifs is 2. The first-order chi connectivity index (χ1) is 7.31. The normalized spacial score (nSPS) is 33.3. The molecule has 1 aromatic carbocycles. The molecule has 2 bridgehead atoms. The summed E-state index contributed by atoms with van der Waals surface area (Å²) in [5.41, 5.74) is 2.65. The van der Waals surface area contributed by atoms with Crippen LogP contribution in [0.3, 0.4) is 0 Å². The number of anilines is 1. The summed E-state index contributed by atoms with van der Waals surface area (Å²) in [4.78, 5) is 0. The summed E-state index contributed by atoms with van der Waals surface area (Å²) in [5, 5.41) is 3.70. The summed E-state index contributed by atoms with van der Waals surface area (Å²) in [7, 11) is 0. The SMILES string of the molecule is Cc1ccc(N[C@H]2C[C@@H]3CC[C@@H]2C3)cc1. The number of hydrogen-bond donors (Lipinski definition) is 1. The van der Waals surface area contributed by atoms with Crippen LogP contribution in [0.2, 0.25) is 0 Å². The van der Waals surface area contributed by atoms with Crippen LogP contribution in [-0.2, 0) is 0 Å². The van der Waals surface area contributed by atoms with E-state index in [1.165, 1.54) is 36.9 Å². The minimum absolute atomic E-state index is 0.756. The molecule has 2 aliphatic carbocycles. The lowest BCUT2D eigenvalue weighted by molar-refractivity contribution is 0.440. The van der Waals surface area contributed by atoms with Gasteiger partial charge < -0.3 is 5.32 Å². The van der Waals surface area contributed by atoms with Gasteiger partial charge in [0.15, 0.2) is 0 Å². The maximum absolute atomic E-state index is 3.70. The monoisotopic (exact) mass is 201 g/mol. The second-order valence-electron chi connectivity index (χ2n) is 5.29. The molecule has 0 spiro atoms. The fraction of sp³-hybridized carbons (Fsp3) is 0.571. The lowest BCUT2D eigenvalue weighted by Crippen LogP contribution is -2.25. The van der Waals surface area contributed by atoms with Crippen LogP contribution in [0, 0.1) is 18.8 Å². The zero-order chi connectivity index (χ0) is 10.3. The van der Waals surface area contributed by atoms with Gasteiger partial charge in [-0.3, -0.25) is 0 Å². The first kappa shape index (κ1) is 9.26. The average Bonchev–Trinajstić information content (AvgIpc) is 2.83. The largest absolute Gasteiger partial charge is 0.382 e. The Labute approximate surface area is 91.9 Å². The van der Waals surface area contributed by atoms with Gasteiger partial charge in [0.05, 0.1) is 0 Å². The van der Waals surface area contributed by atoms with Crippen LogP contribution in [0.15, 0.2) is 24.3 Å². The molecule has 3 rings (SSSR count). The third kappa shape index (κ3) is 1.75. The van der Waals surface area contributed by atoms with Crippen molar-refractivity contribution in [3.63, 3.8) is 0 Å². The van der Waals surface area contributed by atoms with Crippen LogP contribution in [0.5, 0.6) is 0 Å². The van der Waals surface area contributed by atoms with Crippen molar-refractivity contribution in [3.8, 4) is 0 Å². The molecule has 0 unspecified atom stereocenters. The number of aryl methyl sites for hydroxylation is 1. The topological polar surface area (TPSA) is 12.0 Å². The number of nitrogens with one attached hydrogen (secondary N) is 1. The molecule has 1 heteroatoms. The van der Waals surface area contributed by atoms with Gasteiger partial charge in [0.2, 0.25) is 0 Å². The van der Waals surface area contributed by atoms with Crippen molar-refractivity contribution < 1.29 is 0 Å². The van der Waals surface area contributed by atoms with Gasteiger partial charge in [-0.15, -0.1) is 0 Å². The van der Waals surface area contributed by atoms with Crippen LogP contribution < -0.4 is 5.32 Å². The highest BCUT2D eigenvalue weighted by atomic mass is 14.9. The van der Waals surface area contributed by atoms with Crippen LogP contribution >= 0.6 is 0 Å². The molecule has 2 fully saturated rings. The lowest BCUT2D eigenvalue weighted by atomic mass is 9.95. The van der Waals surface area contributed by atoms with Gasteiger partial charge in [-0.1, -0.05) is 24.1 Å². The van der Waals surface area contributed by atoms with E-state index in [9.17, 15) is 0 Å². The zero-order valence-electron chi connectivity index (χ0n) is 9.37. The van der Waals surface area contributed by atoms with Gasteiger partial charge >= 0.3 is 0 Å². The van der Waals surface area contributed by atoms with Crippen molar-refractivity contribution in [2.24, 2.45) is 11.8 Å². The van der Waals surface area contributed by atoms with E-state index >= 15 is 0 Å². The summed E-state index contributed by atoms with van der Waals surface area (Å²) in [6.07, 6.45) is 5.81. The molecule has 0 aliphatic heterocycles. The molecule has 1 N–H and O–H groups in total. The quantitative estimate of drug-likeness (QED) is 0.771. The molecule has 0 amide bonds. The van der Waals surface area contributed by atoms with Crippen molar-refractivity contribution in [2.75, 3.05) is 5.32 Å². The molecule has 0 aromatic heterocycles. The zero-order valence-corrected chi connectivity index (χ0v) is 9.37. The summed E-state index contributed by atoms with van der Waals surface area (Å²) in [5.74, 6) is 1.98. The second-order valence-corrected chi connectivity index (χ2v) is 5.29. The Morgan fingerprint density at radius 3 is 2.47 bits per heavy atom. The Balaban J connectivity index is 1.68. The van der Waals surface area contributed by atoms with Crippen LogP contribution in [-0.4, -0.2) is 6.04 Å². The molecule has 2 saturated carbocycles. The minimum atomic E-state index is 0.756. The molecule has 1 nitrogen and oxygen atoms in total. The molecular formula is C14H19N. The van der Waals surface area contributed by atoms with E-state index in [2.05, 4.69) is 36.5 Å². The summed E-state index contributed by atoms with van der Waals surface area (Å²) < 4.78 is 0. The van der Waals surface area contributed by atoms with Gasteiger partial charge in [-0.2, -0.15) is 0 Å². The third-order valence-electron chi connectivity index (χ3n) is 4.14. The Hall–Kier alpha value is -0.980. The predicted molar refractivity (Wildman–Crippen MR) is 64.0 cm³/mol. The standard InChI is InChI=1S/C14H19N/c1-10-2-6-13(7-3-10)15-14-9-11-4-5-12(14)8-11/h2-3,6-7,11-12,14-15H,4-5,8-9H2,1H3/t11-,12-,14+/m1/s1. The van der Waals surface area contributed by atoms with Gasteiger partial charge in [0.25, 0.3) is 0 Å². The fourth-order valence-electron chi connectivity index (χ4n) is 3.29. The van der Waals surface area contributed by atoms with E-state index in [0.717, 1.165) is 17.9 Å². The van der Waals surface area contributed by atoms with Crippen LogP contribution in [0.1, 0.15) is 31.2 Å². The van der Waals surface area contributed by atoms with Crippen molar-refractivity contribution in [1.29, 1.82) is 0 Å². The number of hydrogen-bond acceptors (Lipinski definition) is 1. The van der Waals surface area contributed by atoms with Crippen molar-refractivity contribution in [3.05, 3.63) is 29.8 Å². The van der Waals surface area contributed by atoms with E-state index in [1.54, 1.807) is 0 Å². The van der Waals surface area contributed by atoms with E-state index in [-0.39, 0.29) is 0 Å². The molecule has 80 valence electrons. The summed E-state index contributed by atoms with van der Waals surface area (Å²) in [6.45, 7) is 2.14. The fourth-order valence-corrected chi connectivity index (χ4v) is 3.29. The molecule has 0 radical (unpaired) electrons. The van der Waals surface area contributed by atoms with E-state index < -0.39 is 0 Å². The minimum Gasteiger partial charge on any atom is -0.382 e. The van der Waals surface area contributed by atoms with Gasteiger partial charge in [-0.25, -0.2) is 0 Å². The highest BCUT2D eigenvalue weighted by Crippen LogP contribution is 2.45. The van der Waals surface area contributed by atoms with E-state index in [4.69, 9.17) is 0 Å². The average molecular weight is 201 g/mol. The van der Waals surface area contributed by atoms with Gasteiger partial charge in [0.1, 0.15) is 0 Å². The first-order valence-electron chi connectivity index (χ1n) is 6.14. The Morgan fingerprint density at radius 1 is 1.07 bits per heavy atom. The Kier molecular flexibility index (Phi) is 2.19. The first-order valence-corrected chi connectivity index (χ1v) is 6.14. The maximum Gasteiger partial charge on any atom is 0.0342 e. The molecule has 15 heavy (non-hydrogen) atoms. The lowest BCUT2D eigenvalue weighted by Gasteiger charge is -2.24. The summed E-state index contributed by atoms with van der Waals surface area (Å²) >= 11 is 0. The van der Waals surface area contributed by atoms with Crippen LogP contribution in [0.25, 0.3) is 0 Å². The highest BCUT2D eigenvalue weighted by Gasteiger charge is 2.39. The molecule has 0 saturated heterocycles. The number of benzene rings is 1. The molecule has 2 aliphatic rings. The molecule has 1 aromatic rings. The van der Waals surface area contributed by atoms with E-state index in [0.29, 0.717) is 0 Å². The smallest absolute Gasteiger partial charge is 0.0342 e. The number of rotatable bonds is 2.